The van der Waals surface area contributed by atoms with Gasteiger partial charge in [-0.25, -0.2) is 0 Å². The summed E-state index contributed by atoms with van der Waals surface area (Å²) in [5, 5.41) is 0.664. The number of allylic oxidation sites excluding steroid dienone is 1. The molecule has 0 spiro atoms. The second-order valence-corrected chi connectivity index (χ2v) is 7.66. The van der Waals surface area contributed by atoms with Crippen LogP contribution >= 0.6 is 0 Å². The zero-order valence-electron chi connectivity index (χ0n) is 11.1. The molecule has 0 aliphatic carbocycles. The van der Waals surface area contributed by atoms with Gasteiger partial charge in [-0.05, 0) is 44.9 Å². The number of hydrogen-bond donors (Lipinski definition) is 0. The Bertz CT molecular complexity index is 321. The minimum Gasteiger partial charge on any atom is -0.299 e. The quantitative estimate of drug-likeness (QED) is 0.524. The first kappa shape index (κ1) is 14.0. The number of ketones is 1. The zero-order valence-corrected chi connectivity index (χ0v) is 11.9. The van der Waals surface area contributed by atoms with E-state index in [1.807, 2.05) is 6.08 Å². The van der Waals surface area contributed by atoms with Gasteiger partial charge in [0.05, 0.1) is 0 Å². The summed E-state index contributed by atoms with van der Waals surface area (Å²) in [6.45, 7) is 3.70. The largest absolute Gasteiger partial charge is 0.299 e. The van der Waals surface area contributed by atoms with Gasteiger partial charge >= 0.3 is 0 Å². The van der Waals surface area contributed by atoms with Gasteiger partial charge in [-0.2, -0.15) is 0 Å². The summed E-state index contributed by atoms with van der Waals surface area (Å²) >= 11 is 0. The van der Waals surface area contributed by atoms with Crippen LogP contribution < -0.4 is 0 Å². The molecule has 2 saturated heterocycles. The van der Waals surface area contributed by atoms with Gasteiger partial charge < -0.3 is 0 Å². The van der Waals surface area contributed by atoms with E-state index < -0.39 is 10.8 Å². The third-order valence-electron chi connectivity index (χ3n) is 4.35. The number of carbonyl (C=O) groups excluding carboxylic acids is 1. The highest BCUT2D eigenvalue weighted by Crippen LogP contribution is 2.39. The number of carbonyl (C=O) groups is 1. The summed E-state index contributed by atoms with van der Waals surface area (Å²) in [6, 6.07) is 0. The lowest BCUT2D eigenvalue weighted by atomic mass is 9.91. The van der Waals surface area contributed by atoms with Crippen LogP contribution in [0.3, 0.4) is 0 Å². The van der Waals surface area contributed by atoms with E-state index in [4.69, 9.17) is 0 Å². The molecule has 2 aliphatic heterocycles. The number of Topliss-reactive ketones (excluding diaryl/α,β-unsaturated/α-hetero) is 1. The average molecular weight is 268 g/mol. The summed E-state index contributed by atoms with van der Waals surface area (Å²) < 4.78 is 11.9. The van der Waals surface area contributed by atoms with Crippen LogP contribution in [0.1, 0.15) is 57.8 Å². The van der Waals surface area contributed by atoms with Crippen molar-refractivity contribution in [1.82, 2.24) is 0 Å². The Balaban J connectivity index is 1.70. The molecule has 2 atom stereocenters. The number of rotatable bonds is 7. The fraction of sp³-hybridized carbons (Fsp3) is 0.800. The number of fused-ring (bicyclic) bond motifs is 2. The molecule has 2 bridgehead atoms. The first-order valence-electron chi connectivity index (χ1n) is 7.25. The minimum atomic E-state index is -0.629. The lowest BCUT2D eigenvalue weighted by Gasteiger charge is -2.26. The topological polar surface area (TPSA) is 34.1 Å². The van der Waals surface area contributed by atoms with Crippen molar-refractivity contribution in [3.05, 3.63) is 12.7 Å². The van der Waals surface area contributed by atoms with E-state index in [-0.39, 0.29) is 5.92 Å². The van der Waals surface area contributed by atoms with Crippen LogP contribution in [0, 0.1) is 5.92 Å². The van der Waals surface area contributed by atoms with Crippen LogP contribution in [0.15, 0.2) is 12.7 Å². The summed E-state index contributed by atoms with van der Waals surface area (Å²) in [5.41, 5.74) is 0. The smallest absolute Gasteiger partial charge is 0.136 e. The highest BCUT2D eigenvalue weighted by atomic mass is 32.2. The molecule has 0 N–H and O–H groups in total. The maximum Gasteiger partial charge on any atom is 0.136 e. The monoisotopic (exact) mass is 268 g/mol. The van der Waals surface area contributed by atoms with Gasteiger partial charge in [0, 0.05) is 33.6 Å². The van der Waals surface area contributed by atoms with E-state index in [1.54, 1.807) is 0 Å². The number of unbranched alkanes of at least 4 members (excludes halogenated alkanes) is 3. The third kappa shape index (κ3) is 3.31. The Hall–Kier alpha value is -0.440. The predicted octanol–water partition coefficient (Wildman–Crippen LogP) is 3.38. The molecule has 2 fully saturated rings. The van der Waals surface area contributed by atoms with Crippen molar-refractivity contribution in [2.24, 2.45) is 5.92 Å². The summed E-state index contributed by atoms with van der Waals surface area (Å²) in [4.78, 5) is 12.1. The van der Waals surface area contributed by atoms with Crippen LogP contribution in [0.4, 0.5) is 0 Å². The van der Waals surface area contributed by atoms with E-state index in [1.165, 1.54) is 0 Å². The van der Waals surface area contributed by atoms with Gasteiger partial charge in [0.2, 0.25) is 0 Å². The van der Waals surface area contributed by atoms with Crippen molar-refractivity contribution >= 4 is 16.6 Å². The van der Waals surface area contributed by atoms with Crippen molar-refractivity contribution in [3.63, 3.8) is 0 Å². The summed E-state index contributed by atoms with van der Waals surface area (Å²) in [5.74, 6) is 0.654. The molecule has 0 aromatic rings. The van der Waals surface area contributed by atoms with Crippen molar-refractivity contribution in [2.75, 3.05) is 0 Å². The van der Waals surface area contributed by atoms with Crippen LogP contribution in [0.25, 0.3) is 0 Å². The van der Waals surface area contributed by atoms with E-state index >= 15 is 0 Å². The second-order valence-electron chi connectivity index (χ2n) is 5.67. The maximum absolute atomic E-state index is 12.1. The Morgan fingerprint density at radius 3 is 2.44 bits per heavy atom. The number of hydrogen-bond acceptors (Lipinski definition) is 2. The highest BCUT2D eigenvalue weighted by molar-refractivity contribution is 7.86. The molecule has 0 aromatic carbocycles. The minimum absolute atomic E-state index is 0.222. The van der Waals surface area contributed by atoms with Gasteiger partial charge in [-0.15, -0.1) is 6.58 Å². The van der Waals surface area contributed by atoms with Crippen molar-refractivity contribution in [3.8, 4) is 0 Å². The fourth-order valence-corrected chi connectivity index (χ4v) is 5.39. The van der Waals surface area contributed by atoms with Crippen LogP contribution in [-0.4, -0.2) is 20.5 Å². The Kier molecular flexibility index (Phi) is 5.16. The van der Waals surface area contributed by atoms with Crippen molar-refractivity contribution in [2.45, 2.75) is 68.3 Å². The third-order valence-corrected chi connectivity index (χ3v) is 6.52. The Morgan fingerprint density at radius 2 is 1.83 bits per heavy atom. The molecule has 2 aliphatic rings. The second kappa shape index (κ2) is 6.65. The maximum atomic E-state index is 12.1. The molecule has 0 amide bonds. The Morgan fingerprint density at radius 1 is 1.17 bits per heavy atom. The molecular weight excluding hydrogens is 244 g/mol. The molecular formula is C15H24O2S. The van der Waals surface area contributed by atoms with Crippen LogP contribution in [0.5, 0.6) is 0 Å². The van der Waals surface area contributed by atoms with Gasteiger partial charge in [0.1, 0.15) is 5.78 Å². The molecule has 0 saturated carbocycles. The first-order valence-corrected chi connectivity index (χ1v) is 8.53. The highest BCUT2D eigenvalue weighted by Gasteiger charge is 2.42. The van der Waals surface area contributed by atoms with Crippen LogP contribution in [0.2, 0.25) is 0 Å². The molecule has 18 heavy (non-hydrogen) atoms. The zero-order chi connectivity index (χ0) is 13.0. The lowest BCUT2D eigenvalue weighted by Crippen LogP contribution is -2.32. The molecule has 0 aromatic heterocycles. The summed E-state index contributed by atoms with van der Waals surface area (Å²) in [7, 11) is -0.629. The molecule has 2 rings (SSSR count). The van der Waals surface area contributed by atoms with Gasteiger partial charge in [0.25, 0.3) is 0 Å². The molecule has 3 heteroatoms. The first-order chi connectivity index (χ1) is 8.72. The molecule has 102 valence electrons. The standard InChI is InChI=1S/C15H24O2S/c1-2-3-4-5-6-7-15(16)12-10-13-8-9-14(11-12)18(13)17/h2,12-14H,1,3-11H2. The van der Waals surface area contributed by atoms with E-state index in [0.717, 1.165) is 57.8 Å². The van der Waals surface area contributed by atoms with Crippen LogP contribution in [-0.2, 0) is 15.6 Å². The van der Waals surface area contributed by atoms with Gasteiger partial charge in [-0.3, -0.25) is 9.00 Å². The van der Waals surface area contributed by atoms with Crippen molar-refractivity contribution in [1.29, 1.82) is 0 Å². The summed E-state index contributed by atoms with van der Waals surface area (Å²) in [6.07, 6.45) is 11.0. The normalized spacial score (nSPS) is 34.4. The Labute approximate surface area is 113 Å². The van der Waals surface area contributed by atoms with Crippen molar-refractivity contribution < 1.29 is 9.00 Å². The van der Waals surface area contributed by atoms with E-state index in [2.05, 4.69) is 6.58 Å². The lowest BCUT2D eigenvalue weighted by molar-refractivity contribution is -0.123. The molecule has 0 radical (unpaired) electrons. The SMILES string of the molecule is C=CCCCCCC(=O)C1CC2CCC(C1)S2=O. The predicted molar refractivity (Wildman–Crippen MR) is 76.0 cm³/mol. The molecule has 2 nitrogen and oxygen atoms in total. The fourth-order valence-electron chi connectivity index (χ4n) is 3.26. The molecule has 2 unspecified atom stereocenters. The van der Waals surface area contributed by atoms with E-state index in [9.17, 15) is 9.00 Å². The average Bonchev–Trinajstić information content (AvgIpc) is 2.61. The molecule has 2 heterocycles. The van der Waals surface area contributed by atoms with Gasteiger partial charge in [0.15, 0.2) is 0 Å². The van der Waals surface area contributed by atoms with E-state index in [0.29, 0.717) is 16.3 Å². The van der Waals surface area contributed by atoms with Gasteiger partial charge in [-0.1, -0.05) is 12.5 Å².